The maximum atomic E-state index is 8.19. The van der Waals surface area contributed by atoms with E-state index in [1.807, 2.05) is 30.3 Å². The molecule has 1 aromatic heterocycles. The van der Waals surface area contributed by atoms with Crippen LogP contribution in [0.2, 0.25) is 0 Å². The maximum absolute atomic E-state index is 8.19. The van der Waals surface area contributed by atoms with Crippen LogP contribution in [0.4, 0.5) is 0 Å². The Bertz CT molecular complexity index is 541. The molecule has 0 atom stereocenters. The average molecular weight is 225 g/mol. The molecule has 3 rings (SSSR count). The van der Waals surface area contributed by atoms with E-state index < -0.39 is 6.37 Å². The molecular weight excluding hydrogens is 206 g/mol. The van der Waals surface area contributed by atoms with Gasteiger partial charge in [0.25, 0.3) is 0 Å². The summed E-state index contributed by atoms with van der Waals surface area (Å²) in [4.78, 5) is 4.57. The van der Waals surface area contributed by atoms with Crippen LogP contribution in [0.15, 0.2) is 42.5 Å². The van der Waals surface area contributed by atoms with Crippen molar-refractivity contribution in [3.8, 4) is 0 Å². The number of aromatic nitrogens is 1. The van der Waals surface area contributed by atoms with Crippen LogP contribution in [-0.2, 0) is 25.7 Å². The lowest BCUT2D eigenvalue weighted by molar-refractivity contribution is 0.793. The number of pyridine rings is 1. The average Bonchev–Trinajstić information content (AvgIpc) is 2.36. The first-order valence-corrected chi connectivity index (χ1v) is 6.13. The second-order valence-electron chi connectivity index (χ2n) is 4.54. The minimum absolute atomic E-state index is 0.380. The minimum atomic E-state index is -1.24. The van der Waals surface area contributed by atoms with E-state index in [2.05, 4.69) is 17.1 Å². The fourth-order valence-electron chi connectivity index (χ4n) is 2.27. The highest BCUT2D eigenvalue weighted by molar-refractivity contribution is 5.25. The largest absolute Gasteiger partial charge is 0.258 e. The topological polar surface area (TPSA) is 12.9 Å². The lowest BCUT2D eigenvalue weighted by atomic mass is 10.0. The van der Waals surface area contributed by atoms with Gasteiger partial charge in [0.15, 0.2) is 0 Å². The Balaban J connectivity index is 2.02. The third-order valence-corrected chi connectivity index (χ3v) is 3.16. The molecule has 86 valence electrons. The molecule has 1 aliphatic heterocycles. The van der Waals surface area contributed by atoms with Crippen LogP contribution in [0.3, 0.4) is 0 Å². The molecule has 0 saturated heterocycles. The molecule has 1 nitrogen and oxygen atoms in total. The molecule has 0 saturated carbocycles. The fraction of sp³-hybridized carbons (Fsp3) is 0.312. The van der Waals surface area contributed by atoms with Crippen LogP contribution in [0.1, 0.15) is 31.6 Å². The molecule has 1 heteroatoms. The second kappa shape index (κ2) is 4.70. The number of aryl methyl sites for hydroxylation is 4. The SMILES string of the molecule is [2H]C1([2H])Cc2cccc(c2)CCc2cccc(n2)C1. The first-order valence-electron chi connectivity index (χ1n) is 7.13. The molecule has 0 radical (unpaired) electrons. The zero-order valence-electron chi connectivity index (χ0n) is 11.8. The van der Waals surface area contributed by atoms with E-state index in [4.69, 9.17) is 2.74 Å². The van der Waals surface area contributed by atoms with E-state index >= 15 is 0 Å². The summed E-state index contributed by atoms with van der Waals surface area (Å²) in [7, 11) is 0. The Kier molecular flexibility index (Phi) is 2.34. The Morgan fingerprint density at radius 1 is 0.824 bits per heavy atom. The molecule has 0 N–H and O–H groups in total. The van der Waals surface area contributed by atoms with E-state index in [1.54, 1.807) is 0 Å². The molecule has 4 bridgehead atoms. The number of hydrogen-bond donors (Lipinski definition) is 0. The molecule has 1 aromatic carbocycles. The van der Waals surface area contributed by atoms with E-state index in [0.29, 0.717) is 12.8 Å². The Hall–Kier alpha value is -1.63. The molecule has 0 fully saturated rings. The van der Waals surface area contributed by atoms with E-state index in [0.717, 1.165) is 29.8 Å². The van der Waals surface area contributed by atoms with Crippen LogP contribution >= 0.6 is 0 Å². The van der Waals surface area contributed by atoms with Crippen LogP contribution in [0, 0.1) is 0 Å². The summed E-state index contributed by atoms with van der Waals surface area (Å²) >= 11 is 0. The van der Waals surface area contributed by atoms with Gasteiger partial charge in [-0.3, -0.25) is 4.98 Å². The second-order valence-corrected chi connectivity index (χ2v) is 4.54. The van der Waals surface area contributed by atoms with E-state index in [1.165, 1.54) is 5.56 Å². The molecule has 0 unspecified atom stereocenters. The number of nitrogens with zero attached hydrogens (tertiary/aromatic N) is 1. The minimum Gasteiger partial charge on any atom is -0.258 e. The Morgan fingerprint density at radius 2 is 1.53 bits per heavy atom. The van der Waals surface area contributed by atoms with Crippen molar-refractivity contribution in [2.75, 3.05) is 0 Å². The highest BCUT2D eigenvalue weighted by Crippen LogP contribution is 2.14. The van der Waals surface area contributed by atoms with Crippen molar-refractivity contribution < 1.29 is 2.74 Å². The standard InChI is InChI=1S/C16H17N/c1-4-13-6-2-7-15-8-3-9-16(17-15)11-10-14(5-1)12-13/h1,3-5,8-9,12H,2,6-7,10-11H2/i2D2. The normalized spacial score (nSPS) is 19.8. The van der Waals surface area contributed by atoms with Crippen LogP contribution in [-0.4, -0.2) is 4.98 Å². The zero-order chi connectivity index (χ0) is 13.3. The first kappa shape index (κ1) is 8.46. The van der Waals surface area contributed by atoms with E-state index in [9.17, 15) is 0 Å². The lowest BCUT2D eigenvalue weighted by Gasteiger charge is -2.03. The van der Waals surface area contributed by atoms with Crippen molar-refractivity contribution in [3.05, 3.63) is 65.0 Å². The molecular formula is C16H17N. The van der Waals surface area contributed by atoms with Crippen LogP contribution < -0.4 is 0 Å². The van der Waals surface area contributed by atoms with Crippen molar-refractivity contribution in [2.45, 2.75) is 32.1 Å². The van der Waals surface area contributed by atoms with Gasteiger partial charge in [0.1, 0.15) is 0 Å². The van der Waals surface area contributed by atoms with Crippen molar-refractivity contribution in [2.24, 2.45) is 0 Å². The van der Waals surface area contributed by atoms with Crippen molar-refractivity contribution in [1.82, 2.24) is 4.98 Å². The van der Waals surface area contributed by atoms with E-state index in [-0.39, 0.29) is 0 Å². The van der Waals surface area contributed by atoms with Gasteiger partial charge in [0.05, 0.1) is 0 Å². The lowest BCUT2D eigenvalue weighted by Crippen LogP contribution is -1.97. The summed E-state index contributed by atoms with van der Waals surface area (Å²) in [5.41, 5.74) is 4.26. The smallest absolute Gasteiger partial charge is 0.0410 e. The molecule has 2 aromatic rings. The predicted molar refractivity (Wildman–Crippen MR) is 70.1 cm³/mol. The van der Waals surface area contributed by atoms with Crippen LogP contribution in [0.5, 0.6) is 0 Å². The summed E-state index contributed by atoms with van der Waals surface area (Å²) in [6, 6.07) is 14.2. The zero-order valence-corrected chi connectivity index (χ0v) is 9.82. The van der Waals surface area contributed by atoms with Gasteiger partial charge in [0, 0.05) is 14.1 Å². The highest BCUT2D eigenvalue weighted by atomic mass is 14.7. The van der Waals surface area contributed by atoms with Gasteiger partial charge >= 0.3 is 0 Å². The Morgan fingerprint density at radius 3 is 2.41 bits per heavy atom. The number of rotatable bonds is 0. The summed E-state index contributed by atoms with van der Waals surface area (Å²) < 4.78 is 16.4. The Labute approximate surface area is 105 Å². The van der Waals surface area contributed by atoms with Gasteiger partial charge in [-0.15, -0.1) is 0 Å². The molecule has 0 amide bonds. The third kappa shape index (κ3) is 2.55. The first-order chi connectivity index (χ1) is 9.11. The van der Waals surface area contributed by atoms with Gasteiger partial charge in [-0.2, -0.15) is 0 Å². The van der Waals surface area contributed by atoms with Crippen LogP contribution in [0.25, 0.3) is 0 Å². The summed E-state index contributed by atoms with van der Waals surface area (Å²) in [5, 5.41) is 0. The number of benzene rings is 1. The summed E-state index contributed by atoms with van der Waals surface area (Å²) in [5.74, 6) is 0. The predicted octanol–water partition coefficient (Wildman–Crippen LogP) is 3.36. The van der Waals surface area contributed by atoms with Crippen molar-refractivity contribution in [1.29, 1.82) is 0 Å². The number of fused-ring (bicyclic) bond motifs is 4. The molecule has 17 heavy (non-hydrogen) atoms. The van der Waals surface area contributed by atoms with Crippen molar-refractivity contribution >= 4 is 0 Å². The van der Waals surface area contributed by atoms with Gasteiger partial charge in [-0.1, -0.05) is 30.3 Å². The summed E-state index contributed by atoms with van der Waals surface area (Å²) in [6.45, 7) is 0. The third-order valence-electron chi connectivity index (χ3n) is 3.16. The quantitative estimate of drug-likeness (QED) is 0.670. The maximum Gasteiger partial charge on any atom is 0.0410 e. The van der Waals surface area contributed by atoms with Gasteiger partial charge in [-0.05, 0) is 55.3 Å². The van der Waals surface area contributed by atoms with Gasteiger partial charge in [-0.25, -0.2) is 0 Å². The monoisotopic (exact) mass is 225 g/mol. The molecule has 2 heterocycles. The van der Waals surface area contributed by atoms with Gasteiger partial charge < -0.3 is 0 Å². The molecule has 0 aliphatic carbocycles. The fourth-order valence-corrected chi connectivity index (χ4v) is 2.27. The number of hydrogen-bond acceptors (Lipinski definition) is 1. The molecule has 1 aliphatic rings. The highest BCUT2D eigenvalue weighted by Gasteiger charge is 2.04. The van der Waals surface area contributed by atoms with Crippen molar-refractivity contribution in [3.63, 3.8) is 0 Å². The molecule has 0 spiro atoms. The van der Waals surface area contributed by atoms with Gasteiger partial charge in [0.2, 0.25) is 0 Å². The summed E-state index contributed by atoms with van der Waals surface area (Å²) in [6.07, 6.45) is 1.47.